The Kier molecular flexibility index (Phi) is 5.61. The molecule has 0 aliphatic carbocycles. The number of ether oxygens (including phenoxy) is 1. The molecule has 0 unspecified atom stereocenters. The monoisotopic (exact) mass is 445 g/mol. The highest BCUT2D eigenvalue weighted by Crippen LogP contribution is 2.29. The van der Waals surface area contributed by atoms with Crippen LogP contribution < -0.4 is 4.74 Å². The van der Waals surface area contributed by atoms with E-state index in [0.717, 1.165) is 18.2 Å². The molecule has 8 heteroatoms. The van der Waals surface area contributed by atoms with Crippen LogP contribution in [-0.2, 0) is 13.2 Å². The number of halogens is 4. The lowest BCUT2D eigenvalue weighted by molar-refractivity contribution is 0.0699. The van der Waals surface area contributed by atoms with Gasteiger partial charge in [-0.2, -0.15) is 0 Å². The van der Waals surface area contributed by atoms with E-state index in [1.54, 1.807) is 29.0 Å². The van der Waals surface area contributed by atoms with Crippen LogP contribution in [0.25, 0.3) is 10.9 Å². The second kappa shape index (κ2) is 8.35. The first-order valence-electron chi connectivity index (χ1n) is 9.19. The zero-order valence-corrected chi connectivity index (χ0v) is 16.7. The van der Waals surface area contributed by atoms with Crippen LogP contribution in [0, 0.1) is 17.5 Å². The summed E-state index contributed by atoms with van der Waals surface area (Å²) >= 11 is 6.11. The average molecular weight is 446 g/mol. The number of carbonyl (C=O) groups is 1. The summed E-state index contributed by atoms with van der Waals surface area (Å²) in [5, 5.41) is 10.0. The van der Waals surface area contributed by atoms with Crippen LogP contribution in [0.1, 0.15) is 21.5 Å². The lowest BCUT2D eigenvalue weighted by Gasteiger charge is -2.14. The first kappa shape index (κ1) is 20.8. The van der Waals surface area contributed by atoms with Crippen molar-refractivity contribution in [3.63, 3.8) is 0 Å². The summed E-state index contributed by atoms with van der Waals surface area (Å²) in [5.41, 5.74) is 0.874. The summed E-state index contributed by atoms with van der Waals surface area (Å²) in [7, 11) is 0. The Labute approximate surface area is 180 Å². The number of nitrogens with zero attached hydrogens (tertiary/aromatic N) is 1. The third-order valence-corrected chi connectivity index (χ3v) is 5.10. The molecule has 0 atom stereocenters. The smallest absolute Gasteiger partial charge is 0.336 e. The predicted octanol–water partition coefficient (Wildman–Crippen LogP) is 6.04. The van der Waals surface area contributed by atoms with Gasteiger partial charge in [0.15, 0.2) is 0 Å². The molecule has 0 spiro atoms. The quantitative estimate of drug-likeness (QED) is 0.394. The van der Waals surface area contributed by atoms with Crippen molar-refractivity contribution in [3.8, 4) is 5.75 Å². The number of fused-ring (bicyclic) bond motifs is 1. The minimum Gasteiger partial charge on any atom is -0.488 e. The number of carboxylic acid groups (broad SMARTS) is 1. The summed E-state index contributed by atoms with van der Waals surface area (Å²) in [4.78, 5) is 11.4. The zero-order valence-electron chi connectivity index (χ0n) is 15.9. The molecule has 31 heavy (non-hydrogen) atoms. The maximum atomic E-state index is 14.5. The Bertz CT molecular complexity index is 1300. The number of aromatic carboxylic acids is 1. The van der Waals surface area contributed by atoms with Gasteiger partial charge in [0, 0.05) is 33.8 Å². The third-order valence-electron chi connectivity index (χ3n) is 4.87. The fourth-order valence-electron chi connectivity index (χ4n) is 3.39. The number of benzene rings is 3. The lowest BCUT2D eigenvalue weighted by atomic mass is 10.1. The molecular formula is C23H15ClF3NO3. The zero-order chi connectivity index (χ0) is 22.1. The molecule has 0 bridgehead atoms. The first-order valence-corrected chi connectivity index (χ1v) is 9.57. The van der Waals surface area contributed by atoms with Crippen molar-refractivity contribution in [3.05, 3.63) is 100.0 Å². The van der Waals surface area contributed by atoms with Crippen LogP contribution >= 0.6 is 11.6 Å². The highest BCUT2D eigenvalue weighted by molar-refractivity contribution is 6.30. The van der Waals surface area contributed by atoms with Crippen LogP contribution in [0.15, 0.2) is 60.8 Å². The summed E-state index contributed by atoms with van der Waals surface area (Å²) in [6.07, 6.45) is 1.57. The van der Waals surface area contributed by atoms with Crippen molar-refractivity contribution < 1.29 is 27.8 Å². The largest absolute Gasteiger partial charge is 0.488 e. The minimum absolute atomic E-state index is 0.00972. The summed E-state index contributed by atoms with van der Waals surface area (Å²) in [6, 6.07) is 11.9. The van der Waals surface area contributed by atoms with E-state index < -0.39 is 23.4 Å². The Hall–Kier alpha value is -3.45. The maximum Gasteiger partial charge on any atom is 0.336 e. The van der Waals surface area contributed by atoms with E-state index in [0.29, 0.717) is 16.3 Å². The molecule has 3 aromatic carbocycles. The molecule has 4 aromatic rings. The molecule has 0 saturated heterocycles. The number of hydrogen-bond acceptors (Lipinski definition) is 2. The maximum absolute atomic E-state index is 14.5. The van der Waals surface area contributed by atoms with Gasteiger partial charge in [-0.15, -0.1) is 0 Å². The molecular weight excluding hydrogens is 431 g/mol. The van der Waals surface area contributed by atoms with E-state index in [-0.39, 0.29) is 35.2 Å². The molecule has 1 heterocycles. The number of rotatable bonds is 6. The van der Waals surface area contributed by atoms with Crippen molar-refractivity contribution in [2.75, 3.05) is 0 Å². The fraction of sp³-hybridized carbons (Fsp3) is 0.0870. The van der Waals surface area contributed by atoms with Crippen LogP contribution in [-0.4, -0.2) is 15.6 Å². The Morgan fingerprint density at radius 1 is 0.968 bits per heavy atom. The summed E-state index contributed by atoms with van der Waals surface area (Å²) in [5.74, 6) is -2.76. The van der Waals surface area contributed by atoms with Gasteiger partial charge in [0.1, 0.15) is 29.8 Å². The molecule has 1 N–H and O–H groups in total. The van der Waals surface area contributed by atoms with Crippen LogP contribution in [0.4, 0.5) is 13.2 Å². The summed E-state index contributed by atoms with van der Waals surface area (Å²) < 4.78 is 48.8. The van der Waals surface area contributed by atoms with Crippen LogP contribution in [0.2, 0.25) is 5.02 Å². The van der Waals surface area contributed by atoms with Gasteiger partial charge in [-0.05, 0) is 48.5 Å². The molecule has 158 valence electrons. The second-order valence-corrected chi connectivity index (χ2v) is 7.32. The number of aromatic nitrogens is 1. The molecule has 4 rings (SSSR count). The SMILES string of the molecule is O=C(O)c1ccc(F)c2c1ccn2Cc1cc(Cl)ccc1OCc1ccc(F)cc1F. The molecule has 0 aliphatic rings. The van der Waals surface area contributed by atoms with E-state index >= 15 is 0 Å². The normalized spacial score (nSPS) is 11.1. The van der Waals surface area contributed by atoms with Crippen LogP contribution in [0.5, 0.6) is 5.75 Å². The van der Waals surface area contributed by atoms with E-state index in [9.17, 15) is 23.1 Å². The molecule has 0 saturated carbocycles. The molecule has 0 amide bonds. The highest BCUT2D eigenvalue weighted by atomic mass is 35.5. The van der Waals surface area contributed by atoms with Gasteiger partial charge in [-0.1, -0.05) is 11.6 Å². The Morgan fingerprint density at radius 3 is 2.52 bits per heavy atom. The van der Waals surface area contributed by atoms with Crippen molar-refractivity contribution in [2.45, 2.75) is 13.2 Å². The molecule has 0 fully saturated rings. The van der Waals surface area contributed by atoms with Gasteiger partial charge in [0.25, 0.3) is 0 Å². The van der Waals surface area contributed by atoms with Crippen molar-refractivity contribution in [1.29, 1.82) is 0 Å². The standard InChI is InChI=1S/C23H15ClF3NO3/c24-15-2-6-21(31-12-13-1-3-16(25)10-20(13)27)14(9-15)11-28-8-7-17-18(23(29)30)4-5-19(26)22(17)28/h1-10H,11-12H2,(H,29,30). The van der Waals surface area contributed by atoms with E-state index in [1.165, 1.54) is 18.2 Å². The van der Waals surface area contributed by atoms with E-state index in [4.69, 9.17) is 16.3 Å². The lowest BCUT2D eigenvalue weighted by Crippen LogP contribution is -2.05. The van der Waals surface area contributed by atoms with Gasteiger partial charge in [-0.3, -0.25) is 0 Å². The van der Waals surface area contributed by atoms with Gasteiger partial charge in [0.2, 0.25) is 0 Å². The average Bonchev–Trinajstić information content (AvgIpc) is 3.13. The Morgan fingerprint density at radius 2 is 1.77 bits per heavy atom. The van der Waals surface area contributed by atoms with Gasteiger partial charge in [0.05, 0.1) is 17.6 Å². The second-order valence-electron chi connectivity index (χ2n) is 6.88. The van der Waals surface area contributed by atoms with Crippen molar-refractivity contribution in [2.24, 2.45) is 0 Å². The van der Waals surface area contributed by atoms with Gasteiger partial charge >= 0.3 is 5.97 Å². The van der Waals surface area contributed by atoms with E-state index in [1.807, 2.05) is 0 Å². The highest BCUT2D eigenvalue weighted by Gasteiger charge is 2.16. The van der Waals surface area contributed by atoms with Gasteiger partial charge in [-0.25, -0.2) is 18.0 Å². The number of hydrogen-bond donors (Lipinski definition) is 1. The third kappa shape index (κ3) is 4.22. The first-order chi connectivity index (χ1) is 14.8. The topological polar surface area (TPSA) is 51.5 Å². The minimum atomic E-state index is -1.16. The Balaban J connectivity index is 1.67. The molecule has 0 radical (unpaired) electrons. The summed E-state index contributed by atoms with van der Waals surface area (Å²) in [6.45, 7) is -0.0179. The predicted molar refractivity (Wildman–Crippen MR) is 110 cm³/mol. The number of carboxylic acids is 1. The van der Waals surface area contributed by atoms with E-state index in [2.05, 4.69) is 0 Å². The van der Waals surface area contributed by atoms with Crippen molar-refractivity contribution >= 4 is 28.5 Å². The van der Waals surface area contributed by atoms with Gasteiger partial charge < -0.3 is 14.4 Å². The molecule has 1 aromatic heterocycles. The molecule has 4 nitrogen and oxygen atoms in total. The van der Waals surface area contributed by atoms with Crippen molar-refractivity contribution in [1.82, 2.24) is 4.57 Å². The fourth-order valence-corrected chi connectivity index (χ4v) is 3.58. The molecule has 0 aliphatic heterocycles. The van der Waals surface area contributed by atoms with Crippen LogP contribution in [0.3, 0.4) is 0 Å².